The van der Waals surface area contributed by atoms with Gasteiger partial charge in [0.05, 0.1) is 4.90 Å². The highest BCUT2D eigenvalue weighted by Gasteiger charge is 2.10. The lowest BCUT2D eigenvalue weighted by atomic mass is 10.3. The van der Waals surface area contributed by atoms with Gasteiger partial charge in [-0.2, -0.15) is 0 Å². The summed E-state index contributed by atoms with van der Waals surface area (Å²) in [6, 6.07) is 11.1. The van der Waals surface area contributed by atoms with Crippen LogP contribution in [0.3, 0.4) is 0 Å². The largest absolute Gasteiger partial charge is 0.439 e. The highest BCUT2D eigenvalue weighted by atomic mass is 35.7. The molecular formula is C11H8ClNO3S. The van der Waals surface area contributed by atoms with Gasteiger partial charge in [-0.25, -0.2) is 13.4 Å². The maximum Gasteiger partial charge on any atom is 0.261 e. The van der Waals surface area contributed by atoms with Crippen LogP contribution in [0.1, 0.15) is 0 Å². The first-order valence-corrected chi connectivity index (χ1v) is 7.00. The van der Waals surface area contributed by atoms with Crippen LogP contribution in [-0.2, 0) is 9.05 Å². The third-order valence-electron chi connectivity index (χ3n) is 1.95. The van der Waals surface area contributed by atoms with Crippen molar-refractivity contribution in [2.24, 2.45) is 0 Å². The SMILES string of the molecule is O=S(=O)(Cl)c1cccc(Oc2ccccn2)c1. The first-order valence-electron chi connectivity index (χ1n) is 4.69. The molecule has 0 bridgehead atoms. The molecule has 88 valence electrons. The van der Waals surface area contributed by atoms with Crippen molar-refractivity contribution in [2.45, 2.75) is 4.90 Å². The Hall–Kier alpha value is -1.59. The molecule has 2 aromatic rings. The van der Waals surface area contributed by atoms with Crippen molar-refractivity contribution in [3.05, 3.63) is 48.7 Å². The quantitative estimate of drug-likeness (QED) is 0.804. The Bertz CT molecular complexity index is 614. The molecule has 0 atom stereocenters. The number of pyridine rings is 1. The van der Waals surface area contributed by atoms with Gasteiger partial charge in [0.25, 0.3) is 9.05 Å². The summed E-state index contributed by atoms with van der Waals surface area (Å²) >= 11 is 0. The van der Waals surface area contributed by atoms with Gasteiger partial charge in [0.2, 0.25) is 5.88 Å². The second-order valence-electron chi connectivity index (χ2n) is 3.18. The van der Waals surface area contributed by atoms with E-state index in [4.69, 9.17) is 15.4 Å². The average Bonchev–Trinajstić information content (AvgIpc) is 2.29. The predicted molar refractivity (Wildman–Crippen MR) is 63.8 cm³/mol. The van der Waals surface area contributed by atoms with Crippen molar-refractivity contribution in [3.63, 3.8) is 0 Å². The van der Waals surface area contributed by atoms with E-state index in [1.807, 2.05) is 0 Å². The summed E-state index contributed by atoms with van der Waals surface area (Å²) in [7, 11) is 1.49. The van der Waals surface area contributed by atoms with Crippen LogP contribution in [0, 0.1) is 0 Å². The minimum absolute atomic E-state index is 0.00685. The van der Waals surface area contributed by atoms with E-state index in [-0.39, 0.29) is 4.90 Å². The molecule has 0 aliphatic rings. The van der Waals surface area contributed by atoms with Gasteiger partial charge in [-0.15, -0.1) is 0 Å². The zero-order chi connectivity index (χ0) is 12.3. The smallest absolute Gasteiger partial charge is 0.261 e. The average molecular weight is 270 g/mol. The topological polar surface area (TPSA) is 56.3 Å². The summed E-state index contributed by atoms with van der Waals surface area (Å²) in [6.45, 7) is 0. The molecule has 1 aromatic carbocycles. The van der Waals surface area contributed by atoms with E-state index < -0.39 is 9.05 Å². The third-order valence-corrected chi connectivity index (χ3v) is 3.30. The van der Waals surface area contributed by atoms with Crippen LogP contribution in [0.15, 0.2) is 53.6 Å². The molecule has 0 spiro atoms. The van der Waals surface area contributed by atoms with Gasteiger partial charge in [0, 0.05) is 29.0 Å². The molecule has 0 saturated carbocycles. The summed E-state index contributed by atoms with van der Waals surface area (Å²) in [5.74, 6) is 0.752. The fraction of sp³-hybridized carbons (Fsp3) is 0. The van der Waals surface area contributed by atoms with Gasteiger partial charge < -0.3 is 4.74 Å². The van der Waals surface area contributed by atoms with Crippen LogP contribution < -0.4 is 4.74 Å². The van der Waals surface area contributed by atoms with Gasteiger partial charge in [-0.1, -0.05) is 12.1 Å². The number of rotatable bonds is 3. The molecule has 1 aromatic heterocycles. The molecule has 2 rings (SSSR count). The molecule has 6 heteroatoms. The monoisotopic (exact) mass is 269 g/mol. The fourth-order valence-electron chi connectivity index (χ4n) is 1.22. The first kappa shape index (κ1) is 11.9. The molecule has 1 heterocycles. The van der Waals surface area contributed by atoms with E-state index in [0.717, 1.165) is 0 Å². The lowest BCUT2D eigenvalue weighted by molar-refractivity contribution is 0.461. The molecule has 0 saturated heterocycles. The number of benzene rings is 1. The Labute approximate surface area is 103 Å². The Kier molecular flexibility index (Phi) is 3.31. The van der Waals surface area contributed by atoms with E-state index in [1.165, 1.54) is 12.1 Å². The Morgan fingerprint density at radius 3 is 2.59 bits per heavy atom. The van der Waals surface area contributed by atoms with Crippen molar-refractivity contribution in [1.82, 2.24) is 4.98 Å². The molecule has 4 nitrogen and oxygen atoms in total. The number of ether oxygens (including phenoxy) is 1. The van der Waals surface area contributed by atoms with Gasteiger partial charge in [-0.05, 0) is 18.2 Å². The maximum atomic E-state index is 11.1. The minimum atomic E-state index is -3.75. The second kappa shape index (κ2) is 4.73. The number of hydrogen-bond acceptors (Lipinski definition) is 4. The van der Waals surface area contributed by atoms with Crippen molar-refractivity contribution >= 4 is 19.7 Å². The molecule has 0 aliphatic heterocycles. The summed E-state index contributed by atoms with van der Waals surface area (Å²) in [5.41, 5.74) is 0. The lowest BCUT2D eigenvalue weighted by Gasteiger charge is -2.04. The van der Waals surface area contributed by atoms with Crippen molar-refractivity contribution in [1.29, 1.82) is 0 Å². The molecular weight excluding hydrogens is 262 g/mol. The highest BCUT2D eigenvalue weighted by molar-refractivity contribution is 8.13. The van der Waals surface area contributed by atoms with Crippen LogP contribution in [0.25, 0.3) is 0 Å². The summed E-state index contributed by atoms with van der Waals surface area (Å²) in [4.78, 5) is 3.95. The van der Waals surface area contributed by atoms with Gasteiger partial charge in [0.1, 0.15) is 5.75 Å². The molecule has 0 radical (unpaired) electrons. The maximum absolute atomic E-state index is 11.1. The van der Waals surface area contributed by atoms with Gasteiger partial charge in [0.15, 0.2) is 0 Å². The fourth-order valence-corrected chi connectivity index (χ4v) is 2.00. The zero-order valence-corrected chi connectivity index (χ0v) is 10.1. The van der Waals surface area contributed by atoms with E-state index >= 15 is 0 Å². The van der Waals surface area contributed by atoms with E-state index in [2.05, 4.69) is 4.98 Å². The van der Waals surface area contributed by atoms with Crippen molar-refractivity contribution < 1.29 is 13.2 Å². The zero-order valence-electron chi connectivity index (χ0n) is 8.58. The van der Waals surface area contributed by atoms with E-state index in [0.29, 0.717) is 11.6 Å². The first-order chi connectivity index (χ1) is 8.05. The lowest BCUT2D eigenvalue weighted by Crippen LogP contribution is -1.92. The normalized spacial score (nSPS) is 11.1. The van der Waals surface area contributed by atoms with Crippen LogP contribution in [-0.4, -0.2) is 13.4 Å². The standard InChI is InChI=1S/C11H8ClNO3S/c12-17(14,15)10-5-3-4-9(8-10)16-11-6-1-2-7-13-11/h1-8H. The molecule has 17 heavy (non-hydrogen) atoms. The highest BCUT2D eigenvalue weighted by Crippen LogP contribution is 2.23. The second-order valence-corrected chi connectivity index (χ2v) is 5.75. The van der Waals surface area contributed by atoms with Gasteiger partial charge in [-0.3, -0.25) is 0 Å². The molecule has 0 unspecified atom stereocenters. The molecule has 0 N–H and O–H groups in total. The van der Waals surface area contributed by atoms with E-state index in [9.17, 15) is 8.42 Å². The summed E-state index contributed by atoms with van der Waals surface area (Å²) in [5, 5.41) is 0. The van der Waals surface area contributed by atoms with Crippen LogP contribution in [0.2, 0.25) is 0 Å². The number of nitrogens with zero attached hydrogens (tertiary/aromatic N) is 1. The number of aromatic nitrogens is 1. The van der Waals surface area contributed by atoms with E-state index in [1.54, 1.807) is 36.5 Å². The van der Waals surface area contributed by atoms with Crippen LogP contribution >= 0.6 is 10.7 Å². The predicted octanol–water partition coefficient (Wildman–Crippen LogP) is 2.80. The summed E-state index contributed by atoms with van der Waals surface area (Å²) in [6.07, 6.45) is 1.58. The molecule has 0 fully saturated rings. The van der Waals surface area contributed by atoms with Crippen LogP contribution in [0.4, 0.5) is 0 Å². The van der Waals surface area contributed by atoms with Crippen molar-refractivity contribution in [2.75, 3.05) is 0 Å². The third kappa shape index (κ3) is 3.18. The summed E-state index contributed by atoms with van der Waals surface area (Å²) < 4.78 is 27.6. The van der Waals surface area contributed by atoms with Crippen molar-refractivity contribution in [3.8, 4) is 11.6 Å². The Morgan fingerprint density at radius 1 is 1.12 bits per heavy atom. The molecule has 0 amide bonds. The van der Waals surface area contributed by atoms with Gasteiger partial charge >= 0.3 is 0 Å². The molecule has 0 aliphatic carbocycles. The van der Waals surface area contributed by atoms with Crippen LogP contribution in [0.5, 0.6) is 11.6 Å². The minimum Gasteiger partial charge on any atom is -0.439 e. The number of halogens is 1. The Morgan fingerprint density at radius 2 is 1.94 bits per heavy atom. The number of hydrogen-bond donors (Lipinski definition) is 0. The Balaban J connectivity index is 2.29.